The van der Waals surface area contributed by atoms with E-state index < -0.39 is 36.0 Å². The van der Waals surface area contributed by atoms with Gasteiger partial charge in [-0.15, -0.1) is 0 Å². The lowest BCUT2D eigenvalue weighted by molar-refractivity contribution is -0.142. The molecule has 0 saturated heterocycles. The van der Waals surface area contributed by atoms with Gasteiger partial charge >= 0.3 is 12.1 Å². The van der Waals surface area contributed by atoms with Crippen molar-refractivity contribution in [3.63, 3.8) is 0 Å². The Balaban J connectivity index is 1.53. The number of carboxylic acids is 1. The van der Waals surface area contributed by atoms with Crippen LogP contribution in [0.4, 0.5) is 4.79 Å². The van der Waals surface area contributed by atoms with Gasteiger partial charge in [0.1, 0.15) is 12.6 Å². The van der Waals surface area contributed by atoms with E-state index in [4.69, 9.17) is 9.84 Å². The molecule has 0 bridgehead atoms. The van der Waals surface area contributed by atoms with E-state index >= 15 is 0 Å². The molecule has 164 valence electrons. The van der Waals surface area contributed by atoms with Crippen LogP contribution in [0.1, 0.15) is 37.3 Å². The van der Waals surface area contributed by atoms with Gasteiger partial charge in [0.15, 0.2) is 0 Å². The summed E-state index contributed by atoms with van der Waals surface area (Å²) in [5.41, 5.74) is 2.82. The topological polar surface area (TPSA) is 125 Å². The van der Waals surface area contributed by atoms with Crippen LogP contribution in [-0.4, -0.2) is 53.0 Å². The minimum Gasteiger partial charge on any atom is -0.481 e. The number of carbonyl (C=O) groups is 3. The lowest BCUT2D eigenvalue weighted by Gasteiger charge is -2.23. The molecular formula is C23H26N2O6. The summed E-state index contributed by atoms with van der Waals surface area (Å²) in [7, 11) is 0. The van der Waals surface area contributed by atoms with Gasteiger partial charge in [0.2, 0.25) is 5.91 Å². The molecule has 8 heteroatoms. The summed E-state index contributed by atoms with van der Waals surface area (Å²) < 4.78 is 5.40. The standard InChI is InChI=1S/C23H26N2O6/c1-14(21(28)24-13-23(2,30)11-20(26)27)25-22(29)31-12-19-17-9-5-3-7-15(17)16-8-4-6-10-18(16)19/h3-10,14,19,30H,11-13H2,1-2H3,(H,24,28)(H,25,29)(H,26,27). The molecule has 0 radical (unpaired) electrons. The second kappa shape index (κ2) is 9.18. The maximum atomic E-state index is 12.2. The minimum atomic E-state index is -1.59. The number of carbonyl (C=O) groups excluding carboxylic acids is 2. The molecule has 0 aromatic heterocycles. The Bertz CT molecular complexity index is 942. The average Bonchev–Trinajstić information content (AvgIpc) is 3.03. The van der Waals surface area contributed by atoms with Crippen LogP contribution in [0, 0.1) is 0 Å². The number of hydrogen-bond acceptors (Lipinski definition) is 5. The van der Waals surface area contributed by atoms with Gasteiger partial charge in [-0.3, -0.25) is 9.59 Å². The summed E-state index contributed by atoms with van der Waals surface area (Å²) in [6, 6.07) is 15.0. The van der Waals surface area contributed by atoms with Crippen molar-refractivity contribution in [1.82, 2.24) is 10.6 Å². The number of nitrogens with one attached hydrogen (secondary N) is 2. The van der Waals surface area contributed by atoms with E-state index in [9.17, 15) is 19.5 Å². The molecule has 1 aliphatic carbocycles. The Labute approximate surface area is 180 Å². The SMILES string of the molecule is CC(NC(=O)OCC1c2ccccc2-c2ccccc21)C(=O)NCC(C)(O)CC(=O)O. The molecule has 0 aliphatic heterocycles. The first-order valence-electron chi connectivity index (χ1n) is 10.0. The average molecular weight is 426 g/mol. The highest BCUT2D eigenvalue weighted by atomic mass is 16.5. The lowest BCUT2D eigenvalue weighted by atomic mass is 9.98. The number of amides is 2. The lowest BCUT2D eigenvalue weighted by Crippen LogP contribution is -2.49. The van der Waals surface area contributed by atoms with Crippen molar-refractivity contribution in [2.24, 2.45) is 0 Å². The van der Waals surface area contributed by atoms with E-state index in [1.54, 1.807) is 0 Å². The second-order valence-electron chi connectivity index (χ2n) is 7.98. The molecule has 0 heterocycles. The smallest absolute Gasteiger partial charge is 0.407 e. The van der Waals surface area contributed by atoms with E-state index in [2.05, 4.69) is 10.6 Å². The molecule has 2 aromatic carbocycles. The highest BCUT2D eigenvalue weighted by molar-refractivity contribution is 5.85. The van der Waals surface area contributed by atoms with Crippen LogP contribution >= 0.6 is 0 Å². The summed E-state index contributed by atoms with van der Waals surface area (Å²) in [5.74, 6) is -1.82. The van der Waals surface area contributed by atoms with E-state index in [1.165, 1.54) is 13.8 Å². The number of rotatable bonds is 8. The maximum Gasteiger partial charge on any atom is 0.407 e. The zero-order valence-electron chi connectivity index (χ0n) is 17.4. The fraction of sp³-hybridized carbons (Fsp3) is 0.348. The summed E-state index contributed by atoms with van der Waals surface area (Å²) in [6.45, 7) is 2.66. The summed E-state index contributed by atoms with van der Waals surface area (Å²) in [5, 5.41) is 23.6. The fourth-order valence-electron chi connectivity index (χ4n) is 3.70. The van der Waals surface area contributed by atoms with E-state index in [0.29, 0.717) is 0 Å². The number of alkyl carbamates (subject to hydrolysis) is 1. The molecule has 0 saturated carbocycles. The van der Waals surface area contributed by atoms with Crippen LogP contribution in [-0.2, 0) is 14.3 Å². The largest absolute Gasteiger partial charge is 0.481 e. The molecule has 0 fully saturated rings. The Hall–Kier alpha value is -3.39. The highest BCUT2D eigenvalue weighted by Gasteiger charge is 2.30. The second-order valence-corrected chi connectivity index (χ2v) is 7.98. The first-order valence-corrected chi connectivity index (χ1v) is 10.0. The van der Waals surface area contributed by atoms with E-state index in [1.807, 2.05) is 48.5 Å². The third-order valence-corrected chi connectivity index (χ3v) is 5.25. The van der Waals surface area contributed by atoms with Crippen LogP contribution in [0.25, 0.3) is 11.1 Å². The minimum absolute atomic E-state index is 0.0894. The first-order chi connectivity index (χ1) is 14.7. The van der Waals surface area contributed by atoms with Gasteiger partial charge in [-0.1, -0.05) is 48.5 Å². The number of carboxylic acid groups (broad SMARTS) is 1. The van der Waals surface area contributed by atoms with Gasteiger partial charge in [0.05, 0.1) is 12.0 Å². The molecular weight excluding hydrogens is 400 g/mol. The Morgan fingerprint density at radius 1 is 1.06 bits per heavy atom. The Morgan fingerprint density at radius 2 is 1.61 bits per heavy atom. The number of benzene rings is 2. The predicted molar refractivity (Wildman–Crippen MR) is 114 cm³/mol. The van der Waals surface area contributed by atoms with Crippen molar-refractivity contribution in [3.05, 3.63) is 59.7 Å². The third kappa shape index (κ3) is 5.40. The Morgan fingerprint density at radius 3 is 2.16 bits per heavy atom. The molecule has 3 rings (SSSR count). The molecule has 0 spiro atoms. The number of aliphatic carboxylic acids is 1. The van der Waals surface area contributed by atoms with Crippen molar-refractivity contribution in [3.8, 4) is 11.1 Å². The van der Waals surface area contributed by atoms with Crippen molar-refractivity contribution in [2.45, 2.75) is 37.8 Å². The maximum absolute atomic E-state index is 12.2. The van der Waals surface area contributed by atoms with Gasteiger partial charge in [-0.25, -0.2) is 4.79 Å². The fourth-order valence-corrected chi connectivity index (χ4v) is 3.70. The molecule has 4 N–H and O–H groups in total. The molecule has 2 aromatic rings. The first kappa shape index (κ1) is 22.3. The van der Waals surface area contributed by atoms with E-state index in [-0.39, 0.29) is 19.1 Å². The Kier molecular flexibility index (Phi) is 6.60. The molecule has 31 heavy (non-hydrogen) atoms. The third-order valence-electron chi connectivity index (χ3n) is 5.25. The van der Waals surface area contributed by atoms with Crippen LogP contribution in [0.2, 0.25) is 0 Å². The molecule has 2 unspecified atom stereocenters. The van der Waals surface area contributed by atoms with Gasteiger partial charge in [0, 0.05) is 12.5 Å². The summed E-state index contributed by atoms with van der Waals surface area (Å²) in [6.07, 6.45) is -1.25. The van der Waals surface area contributed by atoms with Gasteiger partial charge in [0.25, 0.3) is 0 Å². The van der Waals surface area contributed by atoms with Gasteiger partial charge in [-0.05, 0) is 36.1 Å². The number of hydrogen-bond donors (Lipinski definition) is 4. The van der Waals surface area contributed by atoms with Gasteiger partial charge in [-0.2, -0.15) is 0 Å². The predicted octanol–water partition coefficient (Wildman–Crippen LogP) is 2.26. The van der Waals surface area contributed by atoms with Crippen molar-refractivity contribution in [1.29, 1.82) is 0 Å². The summed E-state index contributed by atoms with van der Waals surface area (Å²) in [4.78, 5) is 35.1. The molecule has 1 aliphatic rings. The van der Waals surface area contributed by atoms with Crippen LogP contribution in [0.3, 0.4) is 0 Å². The molecule has 2 atom stereocenters. The molecule has 2 amide bonds. The molecule has 8 nitrogen and oxygen atoms in total. The zero-order valence-corrected chi connectivity index (χ0v) is 17.4. The van der Waals surface area contributed by atoms with E-state index in [0.717, 1.165) is 22.3 Å². The van der Waals surface area contributed by atoms with Crippen molar-refractivity contribution in [2.75, 3.05) is 13.2 Å². The van der Waals surface area contributed by atoms with Crippen LogP contribution in [0.15, 0.2) is 48.5 Å². The summed E-state index contributed by atoms with van der Waals surface area (Å²) >= 11 is 0. The zero-order chi connectivity index (χ0) is 22.6. The number of fused-ring (bicyclic) bond motifs is 3. The van der Waals surface area contributed by atoms with Gasteiger partial charge < -0.3 is 25.6 Å². The number of aliphatic hydroxyl groups is 1. The normalized spacial score (nSPS) is 15.2. The van der Waals surface area contributed by atoms with Crippen LogP contribution < -0.4 is 10.6 Å². The van der Waals surface area contributed by atoms with Crippen molar-refractivity contribution < 1.29 is 29.3 Å². The monoisotopic (exact) mass is 426 g/mol. The number of ether oxygens (including phenoxy) is 1. The quantitative estimate of drug-likeness (QED) is 0.513. The van der Waals surface area contributed by atoms with Crippen LogP contribution in [0.5, 0.6) is 0 Å². The highest BCUT2D eigenvalue weighted by Crippen LogP contribution is 2.44. The van der Waals surface area contributed by atoms with Crippen molar-refractivity contribution >= 4 is 18.0 Å².